The van der Waals surface area contributed by atoms with Gasteiger partial charge in [-0.25, -0.2) is 31.9 Å². The Kier molecular flexibility index (Phi) is 4.95. The molecule has 0 spiro atoms. The fraction of sp³-hybridized carbons (Fsp3) is 0.350. The van der Waals surface area contributed by atoms with Gasteiger partial charge >= 0.3 is 0 Å². The van der Waals surface area contributed by atoms with Gasteiger partial charge in [-0.05, 0) is 19.8 Å². The predicted molar refractivity (Wildman–Crippen MR) is 100 cm³/mol. The number of hydrogen-bond acceptors (Lipinski definition) is 4. The van der Waals surface area contributed by atoms with Crippen LogP contribution in [0.1, 0.15) is 43.4 Å². The highest BCUT2D eigenvalue weighted by atomic mass is 19.3. The zero-order valence-corrected chi connectivity index (χ0v) is 15.8. The second-order valence-electron chi connectivity index (χ2n) is 7.32. The molecule has 30 heavy (non-hydrogen) atoms. The number of rotatable bonds is 6. The van der Waals surface area contributed by atoms with Crippen LogP contribution in [0.2, 0.25) is 0 Å². The molecule has 2 heterocycles. The Labute approximate surface area is 167 Å². The second kappa shape index (κ2) is 7.33. The fourth-order valence-corrected chi connectivity index (χ4v) is 3.54. The number of nitrogens with zero attached hydrogens (tertiary/aromatic N) is 3. The van der Waals surface area contributed by atoms with Crippen LogP contribution in [0.15, 0.2) is 41.6 Å². The summed E-state index contributed by atoms with van der Waals surface area (Å²) < 4.78 is 68.5. The Morgan fingerprint density at radius 1 is 1.13 bits per heavy atom. The van der Waals surface area contributed by atoms with Crippen molar-refractivity contribution < 1.29 is 22.0 Å². The van der Waals surface area contributed by atoms with E-state index in [4.69, 9.17) is 0 Å². The van der Waals surface area contributed by atoms with Crippen LogP contribution < -0.4 is 10.9 Å². The van der Waals surface area contributed by atoms with Crippen LogP contribution >= 0.6 is 0 Å². The van der Waals surface area contributed by atoms with Gasteiger partial charge in [-0.3, -0.25) is 4.79 Å². The minimum atomic E-state index is -2.96. The smallest absolute Gasteiger partial charge is 0.266 e. The maximum atomic E-state index is 14.5. The number of nitrogens with one attached hydrogen (secondary N) is 1. The van der Waals surface area contributed by atoms with Crippen molar-refractivity contribution in [2.24, 2.45) is 0 Å². The summed E-state index contributed by atoms with van der Waals surface area (Å²) in [7, 11) is 0. The number of pyridine rings is 1. The molecule has 3 aromatic rings. The third-order valence-corrected chi connectivity index (χ3v) is 5.43. The lowest BCUT2D eigenvalue weighted by molar-refractivity contribution is 0.0654. The lowest BCUT2D eigenvalue weighted by atomic mass is 10.0. The highest BCUT2D eigenvalue weighted by Crippen LogP contribution is 2.48. The van der Waals surface area contributed by atoms with Crippen LogP contribution in [0.5, 0.6) is 0 Å². The van der Waals surface area contributed by atoms with E-state index in [1.54, 1.807) is 6.92 Å². The Hall–Kier alpha value is -3.04. The normalized spacial score (nSPS) is 16.3. The number of alkyl halides is 4. The molecule has 1 atom stereocenters. The van der Waals surface area contributed by atoms with E-state index in [2.05, 4.69) is 15.3 Å². The van der Waals surface area contributed by atoms with Crippen molar-refractivity contribution >= 4 is 16.7 Å². The number of halogens is 5. The van der Waals surface area contributed by atoms with Crippen LogP contribution in [0.25, 0.3) is 10.9 Å². The zero-order valence-electron chi connectivity index (χ0n) is 15.8. The molecule has 158 valence electrons. The van der Waals surface area contributed by atoms with Crippen molar-refractivity contribution in [3.8, 4) is 0 Å². The number of benzene rings is 1. The van der Waals surface area contributed by atoms with Gasteiger partial charge in [0.2, 0.25) is 0 Å². The first-order valence-electron chi connectivity index (χ1n) is 9.23. The van der Waals surface area contributed by atoms with Gasteiger partial charge in [-0.15, -0.1) is 0 Å². The Bertz CT molecular complexity index is 1160. The van der Waals surface area contributed by atoms with Crippen molar-refractivity contribution in [3.63, 3.8) is 0 Å². The van der Waals surface area contributed by atoms with E-state index in [-0.39, 0.29) is 29.7 Å². The third kappa shape index (κ3) is 3.29. The van der Waals surface area contributed by atoms with Gasteiger partial charge in [-0.1, -0.05) is 18.2 Å². The van der Waals surface area contributed by atoms with Gasteiger partial charge in [0, 0.05) is 17.8 Å². The van der Waals surface area contributed by atoms with Crippen molar-refractivity contribution in [2.45, 2.75) is 44.2 Å². The summed E-state index contributed by atoms with van der Waals surface area (Å²) in [6.07, 6.45) is -2.87. The molecule has 1 saturated carbocycles. The first-order valence-corrected chi connectivity index (χ1v) is 9.23. The highest BCUT2D eigenvalue weighted by Gasteiger charge is 2.53. The van der Waals surface area contributed by atoms with Crippen molar-refractivity contribution in [1.82, 2.24) is 14.5 Å². The maximum Gasteiger partial charge on any atom is 0.266 e. The van der Waals surface area contributed by atoms with Gasteiger partial charge in [0.05, 0.1) is 22.5 Å². The molecule has 5 nitrogen and oxygen atoms in total. The zero-order chi connectivity index (χ0) is 21.6. The van der Waals surface area contributed by atoms with E-state index < -0.39 is 41.4 Å². The molecule has 10 heteroatoms. The predicted octanol–water partition coefficient (Wildman–Crippen LogP) is 4.80. The lowest BCUT2D eigenvalue weighted by Crippen LogP contribution is -2.35. The first-order chi connectivity index (χ1) is 14.2. The molecule has 1 aliphatic rings. The number of aromatic nitrogens is 3. The molecule has 0 saturated heterocycles. The molecule has 1 aliphatic carbocycles. The average molecular weight is 424 g/mol. The molecule has 2 aromatic heterocycles. The van der Waals surface area contributed by atoms with Crippen molar-refractivity contribution in [2.75, 3.05) is 5.32 Å². The summed E-state index contributed by atoms with van der Waals surface area (Å²) in [5.74, 6) is -0.856. The summed E-state index contributed by atoms with van der Waals surface area (Å²) in [4.78, 5) is 20.4. The topological polar surface area (TPSA) is 59.8 Å². The Balaban J connectivity index is 1.75. The average Bonchev–Trinajstić information content (AvgIpc) is 3.49. The monoisotopic (exact) mass is 424 g/mol. The molecule has 1 unspecified atom stereocenters. The van der Waals surface area contributed by atoms with E-state index in [1.807, 2.05) is 0 Å². The van der Waals surface area contributed by atoms with Crippen molar-refractivity contribution in [3.05, 3.63) is 64.1 Å². The molecule has 4 rings (SSSR count). The largest absolute Gasteiger partial charge is 0.363 e. The lowest BCUT2D eigenvalue weighted by Gasteiger charge is -2.20. The SMILES string of the molecule is CC(Nc1ncnc2cc(=O)n(C3(C(F)F)CC3)cc12)c1cccc(C(F)F)c1F. The Morgan fingerprint density at radius 3 is 2.47 bits per heavy atom. The summed E-state index contributed by atoms with van der Waals surface area (Å²) in [6.45, 7) is 1.55. The van der Waals surface area contributed by atoms with Gasteiger partial charge in [-0.2, -0.15) is 0 Å². The van der Waals surface area contributed by atoms with Crippen LogP contribution in [0.3, 0.4) is 0 Å². The number of fused-ring (bicyclic) bond motifs is 1. The minimum Gasteiger partial charge on any atom is -0.363 e. The standard InChI is InChI=1S/C20H17F5N4O/c1-10(11-3-2-4-12(16(11)21)17(22)23)28-18-13-8-29(20(5-6-20)19(24)25)15(30)7-14(13)26-9-27-18/h2-4,7-10,17,19H,5-6H2,1H3,(H,26,27,28). The van der Waals surface area contributed by atoms with Crippen LogP contribution in [-0.4, -0.2) is 21.0 Å². The van der Waals surface area contributed by atoms with E-state index in [0.29, 0.717) is 5.39 Å². The highest BCUT2D eigenvalue weighted by molar-refractivity contribution is 5.88. The summed E-state index contributed by atoms with van der Waals surface area (Å²) in [6, 6.07) is 4.08. The van der Waals surface area contributed by atoms with Gasteiger partial charge in [0.15, 0.2) is 0 Å². The van der Waals surface area contributed by atoms with Gasteiger partial charge < -0.3 is 9.88 Å². The first kappa shape index (κ1) is 20.2. The third-order valence-electron chi connectivity index (χ3n) is 5.43. The van der Waals surface area contributed by atoms with Crippen LogP contribution in [-0.2, 0) is 5.54 Å². The van der Waals surface area contributed by atoms with Gasteiger partial charge in [0.1, 0.15) is 23.5 Å². The Morgan fingerprint density at radius 2 is 1.83 bits per heavy atom. The minimum absolute atomic E-state index is 0.000808. The molecule has 1 aromatic carbocycles. The molecule has 1 N–H and O–H groups in total. The molecular formula is C20H17F5N4O. The summed E-state index contributed by atoms with van der Waals surface area (Å²) in [5, 5.41) is 3.21. The second-order valence-corrected chi connectivity index (χ2v) is 7.32. The molecule has 0 radical (unpaired) electrons. The van der Waals surface area contributed by atoms with E-state index >= 15 is 0 Å². The number of anilines is 1. The fourth-order valence-electron chi connectivity index (χ4n) is 3.54. The summed E-state index contributed by atoms with van der Waals surface area (Å²) >= 11 is 0. The number of hydrogen-bond donors (Lipinski definition) is 1. The van der Waals surface area contributed by atoms with E-state index in [0.717, 1.165) is 16.7 Å². The molecule has 0 amide bonds. The molecule has 1 fully saturated rings. The molecule has 0 bridgehead atoms. The molecular weight excluding hydrogens is 407 g/mol. The van der Waals surface area contributed by atoms with Crippen LogP contribution in [0, 0.1) is 5.82 Å². The van der Waals surface area contributed by atoms with E-state index in [9.17, 15) is 26.7 Å². The molecule has 0 aliphatic heterocycles. The van der Waals surface area contributed by atoms with Crippen molar-refractivity contribution in [1.29, 1.82) is 0 Å². The maximum absolute atomic E-state index is 14.5. The van der Waals surface area contributed by atoms with Gasteiger partial charge in [0.25, 0.3) is 18.4 Å². The quantitative estimate of drug-likeness (QED) is 0.578. The summed E-state index contributed by atoms with van der Waals surface area (Å²) in [5.41, 5.74) is -2.63. The van der Waals surface area contributed by atoms with Crippen LogP contribution in [0.4, 0.5) is 27.8 Å². The van der Waals surface area contributed by atoms with E-state index in [1.165, 1.54) is 24.7 Å².